The van der Waals surface area contributed by atoms with Gasteiger partial charge in [-0.15, -0.1) is 0 Å². The molecular weight excluding hydrogens is 359 g/mol. The van der Waals surface area contributed by atoms with E-state index in [0.29, 0.717) is 22.8 Å². The van der Waals surface area contributed by atoms with E-state index in [1.165, 1.54) is 16.8 Å². The minimum Gasteiger partial charge on any atom is -0.326 e. The lowest BCUT2D eigenvalue weighted by molar-refractivity contribution is -0.113. The second-order valence-electron chi connectivity index (χ2n) is 6.77. The zero-order valence-electron chi connectivity index (χ0n) is 15.7. The van der Waals surface area contributed by atoms with Crippen LogP contribution in [0.25, 0.3) is 0 Å². The molecule has 1 aliphatic heterocycles. The highest BCUT2D eigenvalue weighted by atomic mass is 19.1. The second kappa shape index (κ2) is 6.88. The number of fused-ring (bicyclic) bond motifs is 1. The number of carbonyl (C=O) groups excluding carboxylic acids is 1. The van der Waals surface area contributed by atoms with E-state index in [9.17, 15) is 9.18 Å². The summed E-state index contributed by atoms with van der Waals surface area (Å²) in [6, 6.07) is 11.2. The molecule has 0 saturated carbocycles. The topological polar surface area (TPSA) is 84.7 Å². The lowest BCUT2D eigenvalue weighted by atomic mass is 9.95. The zero-order chi connectivity index (χ0) is 19.8. The van der Waals surface area contributed by atoms with Gasteiger partial charge in [-0.2, -0.15) is 4.68 Å². The number of halogens is 1. The molecule has 1 aliphatic rings. The van der Waals surface area contributed by atoms with Gasteiger partial charge in [-0.05, 0) is 66.1 Å². The standard InChI is InChI=1S/C20H19FN6O/c1-11-5-4-6-16(12(11)2)23-19(28)17-13(3)22-20-24-25-26-27(20)18(17)14-7-9-15(21)10-8-14/h4-10,18H,1-3H3,(H,23,28)(H,22,24,26). The molecule has 2 aromatic carbocycles. The van der Waals surface area contributed by atoms with Crippen molar-refractivity contribution in [2.45, 2.75) is 26.8 Å². The summed E-state index contributed by atoms with van der Waals surface area (Å²) in [5, 5.41) is 17.7. The van der Waals surface area contributed by atoms with E-state index in [0.717, 1.165) is 16.8 Å². The van der Waals surface area contributed by atoms with E-state index in [1.807, 2.05) is 32.0 Å². The molecule has 7 nitrogen and oxygen atoms in total. The Kier molecular flexibility index (Phi) is 4.38. The van der Waals surface area contributed by atoms with Crippen LogP contribution in [0, 0.1) is 19.7 Å². The molecule has 1 aromatic heterocycles. The number of amides is 1. The van der Waals surface area contributed by atoms with Gasteiger partial charge in [-0.25, -0.2) is 4.39 Å². The number of nitrogens with one attached hydrogen (secondary N) is 2. The molecule has 2 N–H and O–H groups in total. The van der Waals surface area contributed by atoms with Crippen LogP contribution in [0.15, 0.2) is 53.7 Å². The molecule has 28 heavy (non-hydrogen) atoms. The van der Waals surface area contributed by atoms with Crippen molar-refractivity contribution in [1.82, 2.24) is 20.2 Å². The summed E-state index contributed by atoms with van der Waals surface area (Å²) in [4.78, 5) is 13.3. The molecule has 0 radical (unpaired) electrons. The normalized spacial score (nSPS) is 15.8. The number of hydrogen-bond donors (Lipinski definition) is 2. The molecule has 0 aliphatic carbocycles. The van der Waals surface area contributed by atoms with Gasteiger partial charge in [0.05, 0.1) is 5.57 Å². The van der Waals surface area contributed by atoms with Gasteiger partial charge in [0.1, 0.15) is 11.9 Å². The Bertz CT molecular complexity index is 1090. The van der Waals surface area contributed by atoms with Crippen molar-refractivity contribution in [3.05, 3.63) is 76.2 Å². The van der Waals surface area contributed by atoms with Gasteiger partial charge < -0.3 is 10.6 Å². The monoisotopic (exact) mass is 378 g/mol. The molecule has 0 spiro atoms. The molecule has 0 bridgehead atoms. The van der Waals surface area contributed by atoms with Gasteiger partial charge in [0, 0.05) is 11.4 Å². The highest BCUT2D eigenvalue weighted by molar-refractivity contribution is 6.06. The second-order valence-corrected chi connectivity index (χ2v) is 6.77. The third-order valence-corrected chi connectivity index (χ3v) is 5.00. The fraction of sp³-hybridized carbons (Fsp3) is 0.200. The largest absolute Gasteiger partial charge is 0.326 e. The van der Waals surface area contributed by atoms with Crippen molar-refractivity contribution in [2.75, 3.05) is 10.6 Å². The molecule has 1 atom stereocenters. The SMILES string of the molecule is CC1=C(C(=O)Nc2cccc(C)c2C)C(c2ccc(F)cc2)n2nnnc2N1. The predicted octanol–water partition coefficient (Wildman–Crippen LogP) is 3.36. The summed E-state index contributed by atoms with van der Waals surface area (Å²) < 4.78 is 15.0. The van der Waals surface area contributed by atoms with Gasteiger partial charge in [0.15, 0.2) is 0 Å². The third kappa shape index (κ3) is 3.02. The van der Waals surface area contributed by atoms with Crippen molar-refractivity contribution in [3.8, 4) is 0 Å². The Morgan fingerprint density at radius 1 is 1.14 bits per heavy atom. The Morgan fingerprint density at radius 3 is 2.64 bits per heavy atom. The number of aromatic nitrogens is 4. The number of anilines is 2. The summed E-state index contributed by atoms with van der Waals surface area (Å²) in [5.74, 6) is -0.194. The first-order valence-electron chi connectivity index (χ1n) is 8.84. The number of carbonyl (C=O) groups is 1. The number of hydrogen-bond acceptors (Lipinski definition) is 5. The molecule has 1 amide bonds. The highest BCUT2D eigenvalue weighted by Crippen LogP contribution is 2.35. The van der Waals surface area contributed by atoms with E-state index < -0.39 is 6.04 Å². The van der Waals surface area contributed by atoms with E-state index in [-0.39, 0.29) is 11.7 Å². The van der Waals surface area contributed by atoms with Gasteiger partial charge in [-0.3, -0.25) is 4.79 Å². The van der Waals surface area contributed by atoms with Crippen molar-refractivity contribution in [3.63, 3.8) is 0 Å². The first-order chi connectivity index (χ1) is 13.5. The fourth-order valence-electron chi connectivity index (χ4n) is 3.34. The first kappa shape index (κ1) is 17.8. The highest BCUT2D eigenvalue weighted by Gasteiger charge is 2.34. The first-order valence-corrected chi connectivity index (χ1v) is 8.84. The van der Waals surface area contributed by atoms with Crippen molar-refractivity contribution >= 4 is 17.5 Å². The molecule has 3 aromatic rings. The van der Waals surface area contributed by atoms with Gasteiger partial charge >= 0.3 is 0 Å². The fourth-order valence-corrected chi connectivity index (χ4v) is 3.34. The minimum atomic E-state index is -0.572. The summed E-state index contributed by atoms with van der Waals surface area (Å²) in [6.45, 7) is 5.75. The number of tetrazole rings is 1. The number of benzene rings is 2. The van der Waals surface area contributed by atoms with Crippen molar-refractivity contribution in [1.29, 1.82) is 0 Å². The number of allylic oxidation sites excluding steroid dienone is 1. The molecule has 2 heterocycles. The maximum Gasteiger partial charge on any atom is 0.255 e. The number of rotatable bonds is 3. The van der Waals surface area contributed by atoms with Crippen LogP contribution in [-0.4, -0.2) is 26.1 Å². The Balaban J connectivity index is 1.77. The smallest absolute Gasteiger partial charge is 0.255 e. The van der Waals surface area contributed by atoms with E-state index in [1.54, 1.807) is 19.1 Å². The summed E-state index contributed by atoms with van der Waals surface area (Å²) >= 11 is 0. The number of nitrogens with zero attached hydrogens (tertiary/aromatic N) is 4. The van der Waals surface area contributed by atoms with Crippen LogP contribution >= 0.6 is 0 Å². The molecular formula is C20H19FN6O. The van der Waals surface area contributed by atoms with Crippen molar-refractivity contribution in [2.24, 2.45) is 0 Å². The Hall–Kier alpha value is -3.55. The van der Waals surface area contributed by atoms with Crippen LogP contribution in [0.4, 0.5) is 16.0 Å². The molecule has 4 rings (SSSR count). The molecule has 8 heteroatoms. The van der Waals surface area contributed by atoms with Gasteiger partial charge in [0.25, 0.3) is 5.91 Å². The van der Waals surface area contributed by atoms with E-state index >= 15 is 0 Å². The maximum atomic E-state index is 13.4. The predicted molar refractivity (Wildman–Crippen MR) is 103 cm³/mol. The van der Waals surface area contributed by atoms with Crippen LogP contribution in [0.1, 0.15) is 29.7 Å². The van der Waals surface area contributed by atoms with E-state index in [2.05, 4.69) is 26.2 Å². The van der Waals surface area contributed by atoms with Crippen LogP contribution in [0.5, 0.6) is 0 Å². The molecule has 1 unspecified atom stereocenters. The average Bonchev–Trinajstić information content (AvgIpc) is 3.13. The molecule has 142 valence electrons. The minimum absolute atomic E-state index is 0.269. The number of aryl methyl sites for hydroxylation is 1. The van der Waals surface area contributed by atoms with Gasteiger partial charge in [0.2, 0.25) is 5.95 Å². The molecule has 0 fully saturated rings. The third-order valence-electron chi connectivity index (χ3n) is 5.00. The van der Waals surface area contributed by atoms with Crippen molar-refractivity contribution < 1.29 is 9.18 Å². The summed E-state index contributed by atoms with van der Waals surface area (Å²) in [6.07, 6.45) is 0. The Morgan fingerprint density at radius 2 is 1.89 bits per heavy atom. The van der Waals surface area contributed by atoms with Crippen LogP contribution in [0.2, 0.25) is 0 Å². The summed E-state index contributed by atoms with van der Waals surface area (Å²) in [7, 11) is 0. The summed E-state index contributed by atoms with van der Waals surface area (Å²) in [5.41, 5.74) is 4.64. The maximum absolute atomic E-state index is 13.4. The van der Waals surface area contributed by atoms with E-state index in [4.69, 9.17) is 0 Å². The van der Waals surface area contributed by atoms with Crippen LogP contribution in [-0.2, 0) is 4.79 Å². The quantitative estimate of drug-likeness (QED) is 0.730. The lowest BCUT2D eigenvalue weighted by Gasteiger charge is -2.28. The van der Waals surface area contributed by atoms with Crippen LogP contribution < -0.4 is 10.6 Å². The Labute approximate surface area is 161 Å². The lowest BCUT2D eigenvalue weighted by Crippen LogP contribution is -2.31. The average molecular weight is 378 g/mol. The molecule has 0 saturated heterocycles. The van der Waals surface area contributed by atoms with Crippen LogP contribution in [0.3, 0.4) is 0 Å². The van der Waals surface area contributed by atoms with Gasteiger partial charge in [-0.1, -0.05) is 29.4 Å². The zero-order valence-corrected chi connectivity index (χ0v) is 15.7.